The van der Waals surface area contributed by atoms with E-state index < -0.39 is 4.92 Å². The molecule has 0 N–H and O–H groups in total. The number of aromatic nitrogens is 3. The standard InChI is InChI=1S/C15H14N6O4/c22-15(11-3-8-25-10-11)19-6-4-18(5-7-19)13-2-1-12-16-9-14(21(23)24)20(12)17-13/h1-3,8-10H,4-7H2. The van der Waals surface area contributed by atoms with Crippen molar-refractivity contribution in [3.63, 3.8) is 0 Å². The van der Waals surface area contributed by atoms with E-state index in [0.717, 1.165) is 0 Å². The van der Waals surface area contributed by atoms with E-state index in [1.54, 1.807) is 23.1 Å². The van der Waals surface area contributed by atoms with Crippen LogP contribution in [0.25, 0.3) is 5.65 Å². The van der Waals surface area contributed by atoms with Gasteiger partial charge < -0.3 is 24.3 Å². The number of amides is 1. The second-order valence-electron chi connectivity index (χ2n) is 5.63. The van der Waals surface area contributed by atoms with Crippen LogP contribution in [0.4, 0.5) is 11.6 Å². The minimum Gasteiger partial charge on any atom is -0.472 e. The Hall–Kier alpha value is -3.43. The monoisotopic (exact) mass is 342 g/mol. The highest BCUT2D eigenvalue weighted by molar-refractivity contribution is 5.94. The van der Waals surface area contributed by atoms with E-state index in [0.29, 0.717) is 43.2 Å². The average Bonchev–Trinajstić information content (AvgIpc) is 3.30. The number of nitro groups is 1. The van der Waals surface area contributed by atoms with Gasteiger partial charge in [0.2, 0.25) is 5.65 Å². The van der Waals surface area contributed by atoms with Gasteiger partial charge in [0.1, 0.15) is 12.5 Å². The molecule has 0 aliphatic carbocycles. The van der Waals surface area contributed by atoms with Crippen LogP contribution in [0.15, 0.2) is 41.3 Å². The molecule has 0 spiro atoms. The fourth-order valence-corrected chi connectivity index (χ4v) is 2.85. The Morgan fingerprint density at radius 3 is 2.68 bits per heavy atom. The van der Waals surface area contributed by atoms with Crippen molar-refractivity contribution in [3.8, 4) is 0 Å². The number of carbonyl (C=O) groups excluding carboxylic acids is 1. The Morgan fingerprint density at radius 1 is 1.20 bits per heavy atom. The largest absolute Gasteiger partial charge is 0.472 e. The van der Waals surface area contributed by atoms with Crippen molar-refractivity contribution in [2.45, 2.75) is 0 Å². The van der Waals surface area contributed by atoms with E-state index in [1.165, 1.54) is 23.2 Å². The molecule has 1 amide bonds. The third-order valence-corrected chi connectivity index (χ3v) is 4.18. The summed E-state index contributed by atoms with van der Waals surface area (Å²) in [7, 11) is 0. The van der Waals surface area contributed by atoms with E-state index >= 15 is 0 Å². The summed E-state index contributed by atoms with van der Waals surface area (Å²) in [6.45, 7) is 2.25. The molecule has 3 aromatic heterocycles. The second-order valence-corrected chi connectivity index (χ2v) is 5.63. The molecule has 1 fully saturated rings. The third kappa shape index (κ3) is 2.67. The van der Waals surface area contributed by atoms with Crippen molar-refractivity contribution in [3.05, 3.63) is 52.6 Å². The zero-order valence-electron chi connectivity index (χ0n) is 13.1. The second kappa shape index (κ2) is 5.89. The van der Waals surface area contributed by atoms with Gasteiger partial charge >= 0.3 is 5.82 Å². The zero-order valence-corrected chi connectivity index (χ0v) is 13.1. The first-order valence-corrected chi connectivity index (χ1v) is 7.69. The number of rotatable bonds is 3. The molecule has 25 heavy (non-hydrogen) atoms. The van der Waals surface area contributed by atoms with Gasteiger partial charge in [-0.05, 0) is 17.1 Å². The van der Waals surface area contributed by atoms with Gasteiger partial charge in [0.15, 0.2) is 5.82 Å². The Labute approximate surface area is 141 Å². The molecular weight excluding hydrogens is 328 g/mol. The van der Waals surface area contributed by atoms with Crippen molar-refractivity contribution in [1.29, 1.82) is 0 Å². The molecule has 0 unspecified atom stereocenters. The summed E-state index contributed by atoms with van der Waals surface area (Å²) in [4.78, 5) is 30.5. The van der Waals surface area contributed by atoms with Crippen LogP contribution in [-0.2, 0) is 0 Å². The molecule has 0 atom stereocenters. The Kier molecular flexibility index (Phi) is 3.56. The molecule has 0 bridgehead atoms. The number of imidazole rings is 1. The number of furan rings is 1. The SMILES string of the molecule is O=C(c1ccoc1)N1CCN(c2ccc3ncc([N+](=O)[O-])n3n2)CC1. The summed E-state index contributed by atoms with van der Waals surface area (Å²) in [6.07, 6.45) is 4.09. The number of nitrogens with zero attached hydrogens (tertiary/aromatic N) is 6. The maximum Gasteiger partial charge on any atom is 0.368 e. The van der Waals surface area contributed by atoms with Crippen LogP contribution in [0.5, 0.6) is 0 Å². The molecule has 0 radical (unpaired) electrons. The van der Waals surface area contributed by atoms with Crippen LogP contribution in [0.2, 0.25) is 0 Å². The van der Waals surface area contributed by atoms with Crippen LogP contribution >= 0.6 is 0 Å². The Morgan fingerprint density at radius 2 is 2.00 bits per heavy atom. The zero-order chi connectivity index (χ0) is 17.4. The highest BCUT2D eigenvalue weighted by atomic mass is 16.6. The maximum absolute atomic E-state index is 12.3. The average molecular weight is 342 g/mol. The van der Waals surface area contributed by atoms with Crippen molar-refractivity contribution in [2.24, 2.45) is 0 Å². The predicted octanol–water partition coefficient (Wildman–Crippen LogP) is 1.19. The minimum absolute atomic E-state index is 0.0675. The van der Waals surface area contributed by atoms with E-state index in [-0.39, 0.29) is 11.7 Å². The van der Waals surface area contributed by atoms with Crippen molar-refractivity contribution >= 4 is 23.2 Å². The van der Waals surface area contributed by atoms with Crippen LogP contribution < -0.4 is 4.90 Å². The van der Waals surface area contributed by atoms with Gasteiger partial charge in [0, 0.05) is 32.2 Å². The van der Waals surface area contributed by atoms with Crippen LogP contribution in [0.3, 0.4) is 0 Å². The fraction of sp³-hybridized carbons (Fsp3) is 0.267. The minimum atomic E-state index is -0.516. The van der Waals surface area contributed by atoms with Gasteiger partial charge in [-0.15, -0.1) is 0 Å². The normalized spacial score (nSPS) is 14.9. The van der Waals surface area contributed by atoms with Crippen molar-refractivity contribution in [1.82, 2.24) is 19.5 Å². The molecule has 1 aliphatic heterocycles. The summed E-state index contributed by atoms with van der Waals surface area (Å²) in [6, 6.07) is 5.11. The summed E-state index contributed by atoms with van der Waals surface area (Å²) in [5, 5.41) is 15.4. The molecular formula is C15H14N6O4. The molecule has 128 valence electrons. The summed E-state index contributed by atoms with van der Waals surface area (Å²) < 4.78 is 6.17. The lowest BCUT2D eigenvalue weighted by Gasteiger charge is -2.34. The summed E-state index contributed by atoms with van der Waals surface area (Å²) >= 11 is 0. The molecule has 10 heteroatoms. The molecule has 1 aliphatic rings. The summed E-state index contributed by atoms with van der Waals surface area (Å²) in [5.41, 5.74) is 0.950. The van der Waals surface area contributed by atoms with Crippen molar-refractivity contribution < 1.29 is 14.1 Å². The highest BCUT2D eigenvalue weighted by Gasteiger charge is 2.25. The first-order valence-electron chi connectivity index (χ1n) is 7.69. The highest BCUT2D eigenvalue weighted by Crippen LogP contribution is 2.19. The van der Waals surface area contributed by atoms with Gasteiger partial charge in [0.05, 0.1) is 11.8 Å². The molecule has 1 saturated heterocycles. The van der Waals surface area contributed by atoms with E-state index in [4.69, 9.17) is 4.42 Å². The van der Waals surface area contributed by atoms with Gasteiger partial charge in [-0.1, -0.05) is 9.61 Å². The lowest BCUT2D eigenvalue weighted by molar-refractivity contribution is -0.391. The van der Waals surface area contributed by atoms with Gasteiger partial charge in [-0.3, -0.25) is 4.79 Å². The number of piperazine rings is 1. The summed E-state index contributed by atoms with van der Waals surface area (Å²) in [5.74, 6) is 0.372. The smallest absolute Gasteiger partial charge is 0.368 e. The molecule has 3 aromatic rings. The first-order chi connectivity index (χ1) is 12.1. The Bertz CT molecular complexity index is 927. The quantitative estimate of drug-likeness (QED) is 0.519. The number of fused-ring (bicyclic) bond motifs is 1. The van der Waals surface area contributed by atoms with E-state index in [9.17, 15) is 14.9 Å². The van der Waals surface area contributed by atoms with Gasteiger partial charge in [-0.2, -0.15) is 0 Å². The first kappa shape index (κ1) is 15.1. The van der Waals surface area contributed by atoms with Gasteiger partial charge in [-0.25, -0.2) is 4.98 Å². The molecule has 0 saturated carbocycles. The van der Waals surface area contributed by atoms with E-state index in [1.807, 2.05) is 4.90 Å². The number of carbonyl (C=O) groups is 1. The van der Waals surface area contributed by atoms with Crippen LogP contribution in [-0.4, -0.2) is 56.5 Å². The van der Waals surface area contributed by atoms with E-state index in [2.05, 4.69) is 10.1 Å². The van der Waals surface area contributed by atoms with Gasteiger partial charge in [0.25, 0.3) is 5.91 Å². The number of hydrogen-bond donors (Lipinski definition) is 0. The Balaban J connectivity index is 1.51. The maximum atomic E-state index is 12.3. The molecule has 4 rings (SSSR count). The molecule has 0 aromatic carbocycles. The lowest BCUT2D eigenvalue weighted by atomic mass is 10.2. The van der Waals surface area contributed by atoms with Crippen LogP contribution in [0, 0.1) is 10.1 Å². The molecule has 4 heterocycles. The van der Waals surface area contributed by atoms with Crippen molar-refractivity contribution in [2.75, 3.05) is 31.1 Å². The predicted molar refractivity (Wildman–Crippen MR) is 86.5 cm³/mol. The number of hydrogen-bond acceptors (Lipinski definition) is 7. The fourth-order valence-electron chi connectivity index (χ4n) is 2.85. The topological polar surface area (TPSA) is 110 Å². The molecule has 10 nitrogen and oxygen atoms in total. The van der Waals surface area contributed by atoms with Crippen LogP contribution in [0.1, 0.15) is 10.4 Å². The third-order valence-electron chi connectivity index (χ3n) is 4.18. The lowest BCUT2D eigenvalue weighted by Crippen LogP contribution is -2.49. The number of anilines is 1.